The molecule has 0 radical (unpaired) electrons. The fraction of sp³-hybridized carbons (Fsp3) is 0.273. The highest BCUT2D eigenvalue weighted by Crippen LogP contribution is 2.35. The van der Waals surface area contributed by atoms with Gasteiger partial charge in [-0.3, -0.25) is 0 Å². The first-order valence-corrected chi connectivity index (χ1v) is 10.3. The molecule has 4 aromatic rings. The Morgan fingerprint density at radius 1 is 1.27 bits per heavy atom. The molecule has 0 amide bonds. The van der Waals surface area contributed by atoms with Crippen LogP contribution in [0.3, 0.4) is 0 Å². The molecule has 1 aliphatic rings. The number of aromatic nitrogens is 3. The molecule has 3 aromatic heterocycles. The minimum atomic E-state index is -0.394. The summed E-state index contributed by atoms with van der Waals surface area (Å²) in [5.74, 6) is 0.197. The zero-order chi connectivity index (χ0) is 20.8. The Morgan fingerprint density at radius 3 is 2.97 bits per heavy atom. The summed E-state index contributed by atoms with van der Waals surface area (Å²) in [5.41, 5.74) is 2.73. The van der Waals surface area contributed by atoms with Crippen molar-refractivity contribution in [1.82, 2.24) is 19.7 Å². The van der Waals surface area contributed by atoms with Crippen LogP contribution in [-0.2, 0) is 0 Å². The summed E-state index contributed by atoms with van der Waals surface area (Å²) < 4.78 is 16.1. The van der Waals surface area contributed by atoms with Gasteiger partial charge in [-0.15, -0.1) is 0 Å². The third-order valence-electron chi connectivity index (χ3n) is 5.42. The van der Waals surface area contributed by atoms with E-state index in [0.717, 1.165) is 41.8 Å². The zero-order valence-electron chi connectivity index (χ0n) is 16.8. The number of nitrogens with one attached hydrogen (secondary N) is 2. The maximum Gasteiger partial charge on any atom is 0.173 e. The van der Waals surface area contributed by atoms with Crippen LogP contribution in [0.25, 0.3) is 16.4 Å². The highest BCUT2D eigenvalue weighted by atomic mass is 35.5. The number of pyridine rings is 2. The molecule has 154 valence electrons. The molecule has 0 spiro atoms. The number of hydrogen-bond acceptors (Lipinski definition) is 5. The van der Waals surface area contributed by atoms with Gasteiger partial charge in [-0.05, 0) is 37.4 Å². The summed E-state index contributed by atoms with van der Waals surface area (Å²) in [6.07, 6.45) is 5.32. The first-order chi connectivity index (χ1) is 14.5. The van der Waals surface area contributed by atoms with Gasteiger partial charge in [-0.1, -0.05) is 11.6 Å². The van der Waals surface area contributed by atoms with Crippen molar-refractivity contribution in [2.24, 2.45) is 0 Å². The van der Waals surface area contributed by atoms with Gasteiger partial charge in [0.15, 0.2) is 11.5 Å². The molecule has 0 bridgehead atoms. The summed E-state index contributed by atoms with van der Waals surface area (Å²) >= 11 is 6.71. The van der Waals surface area contributed by atoms with Crippen LogP contribution in [0.4, 0.5) is 21.6 Å². The number of benzene rings is 1. The number of nitrogens with zero attached hydrogens (tertiary/aromatic N) is 4. The Balaban J connectivity index is 1.54. The van der Waals surface area contributed by atoms with Gasteiger partial charge < -0.3 is 19.9 Å². The Labute approximate surface area is 178 Å². The van der Waals surface area contributed by atoms with Crippen LogP contribution in [0.1, 0.15) is 12.6 Å². The fourth-order valence-electron chi connectivity index (χ4n) is 4.08. The topological polar surface area (TPSA) is 57.5 Å². The molecule has 4 heterocycles. The van der Waals surface area contributed by atoms with E-state index in [2.05, 4.69) is 38.5 Å². The van der Waals surface area contributed by atoms with Crippen LogP contribution in [0.15, 0.2) is 42.9 Å². The molecule has 1 saturated heterocycles. The Bertz CT molecular complexity index is 1250. The van der Waals surface area contributed by atoms with E-state index < -0.39 is 5.82 Å². The van der Waals surface area contributed by atoms with Crippen LogP contribution in [0.2, 0.25) is 5.02 Å². The molecule has 8 heteroatoms. The van der Waals surface area contributed by atoms with E-state index in [0.29, 0.717) is 28.2 Å². The molecule has 0 saturated carbocycles. The standard InChI is InChI=1S/C22H22ClFN6/c1-13-10-29(6-5-25-13)17-7-15-3-4-26-21(20(15)18(23)9-17)28-16-8-19(24)22-27-14(2)11-30(22)12-16/h3-4,7-9,11-13,25H,5-6,10H2,1-2H3,(H,26,28). The number of anilines is 3. The van der Waals surface area contributed by atoms with Gasteiger partial charge in [0.1, 0.15) is 5.82 Å². The Hall–Kier alpha value is -2.90. The number of aryl methyl sites for hydroxylation is 1. The number of halogens is 2. The molecule has 1 aromatic carbocycles. The minimum absolute atomic E-state index is 0.303. The maximum absolute atomic E-state index is 14.5. The lowest BCUT2D eigenvalue weighted by Crippen LogP contribution is -2.49. The van der Waals surface area contributed by atoms with E-state index in [1.54, 1.807) is 23.0 Å². The predicted octanol–water partition coefficient (Wildman–Crippen LogP) is 4.53. The monoisotopic (exact) mass is 424 g/mol. The summed E-state index contributed by atoms with van der Waals surface area (Å²) in [4.78, 5) is 11.0. The third-order valence-corrected chi connectivity index (χ3v) is 5.72. The average molecular weight is 425 g/mol. The normalized spacial score (nSPS) is 17.1. The van der Waals surface area contributed by atoms with Crippen molar-refractivity contribution in [3.8, 4) is 0 Å². The van der Waals surface area contributed by atoms with Crippen LogP contribution >= 0.6 is 11.6 Å². The summed E-state index contributed by atoms with van der Waals surface area (Å²) in [7, 11) is 0. The highest BCUT2D eigenvalue weighted by molar-refractivity contribution is 6.37. The van der Waals surface area contributed by atoms with Gasteiger partial charge >= 0.3 is 0 Å². The molecular weight excluding hydrogens is 403 g/mol. The SMILES string of the molecule is Cc1cn2cc(Nc3nccc4cc(N5CCNC(C)C5)cc(Cl)c34)cc(F)c2n1. The van der Waals surface area contributed by atoms with E-state index >= 15 is 0 Å². The lowest BCUT2D eigenvalue weighted by Gasteiger charge is -2.34. The smallest absolute Gasteiger partial charge is 0.173 e. The number of rotatable bonds is 3. The molecular formula is C22H22ClFN6. The van der Waals surface area contributed by atoms with Crippen LogP contribution in [0, 0.1) is 12.7 Å². The predicted molar refractivity (Wildman–Crippen MR) is 120 cm³/mol. The number of fused-ring (bicyclic) bond motifs is 2. The van der Waals surface area contributed by atoms with Crippen molar-refractivity contribution in [2.75, 3.05) is 29.9 Å². The molecule has 5 rings (SSSR count). The minimum Gasteiger partial charge on any atom is -0.369 e. The van der Waals surface area contributed by atoms with Crippen LogP contribution in [-0.4, -0.2) is 40.0 Å². The van der Waals surface area contributed by atoms with Gasteiger partial charge in [0.05, 0.1) is 16.4 Å². The second-order valence-electron chi connectivity index (χ2n) is 7.80. The van der Waals surface area contributed by atoms with Crippen molar-refractivity contribution < 1.29 is 4.39 Å². The third kappa shape index (κ3) is 3.44. The van der Waals surface area contributed by atoms with Crippen molar-refractivity contribution in [3.05, 3.63) is 59.4 Å². The van der Waals surface area contributed by atoms with Crippen LogP contribution in [0.5, 0.6) is 0 Å². The van der Waals surface area contributed by atoms with Gasteiger partial charge in [0.2, 0.25) is 0 Å². The van der Waals surface area contributed by atoms with Crippen LogP contribution < -0.4 is 15.5 Å². The molecule has 1 unspecified atom stereocenters. The van der Waals surface area contributed by atoms with Gasteiger partial charge in [-0.2, -0.15) is 0 Å². The summed E-state index contributed by atoms with van der Waals surface area (Å²) in [5, 5.41) is 9.10. The highest BCUT2D eigenvalue weighted by Gasteiger charge is 2.18. The van der Waals surface area contributed by atoms with E-state index in [1.807, 2.05) is 19.1 Å². The zero-order valence-corrected chi connectivity index (χ0v) is 17.5. The summed E-state index contributed by atoms with van der Waals surface area (Å²) in [6.45, 7) is 6.83. The van der Waals surface area contributed by atoms with Crippen molar-refractivity contribution in [3.63, 3.8) is 0 Å². The fourth-order valence-corrected chi connectivity index (χ4v) is 4.39. The maximum atomic E-state index is 14.5. The number of imidazole rings is 1. The molecule has 1 atom stereocenters. The second kappa shape index (κ2) is 7.41. The molecule has 2 N–H and O–H groups in total. The van der Waals surface area contributed by atoms with Crippen molar-refractivity contribution >= 4 is 45.2 Å². The largest absolute Gasteiger partial charge is 0.369 e. The lowest BCUT2D eigenvalue weighted by atomic mass is 10.1. The molecule has 6 nitrogen and oxygen atoms in total. The number of hydrogen-bond donors (Lipinski definition) is 2. The van der Waals surface area contributed by atoms with E-state index in [1.165, 1.54) is 6.07 Å². The molecule has 30 heavy (non-hydrogen) atoms. The van der Waals surface area contributed by atoms with Gasteiger partial charge in [0, 0.05) is 61.4 Å². The van der Waals surface area contributed by atoms with E-state index in [9.17, 15) is 4.39 Å². The molecule has 1 fully saturated rings. The van der Waals surface area contributed by atoms with Crippen molar-refractivity contribution in [2.45, 2.75) is 19.9 Å². The number of piperazine rings is 1. The average Bonchev–Trinajstić information content (AvgIpc) is 3.08. The Kier molecular flexibility index (Phi) is 4.72. The molecule has 1 aliphatic heterocycles. The van der Waals surface area contributed by atoms with Gasteiger partial charge in [0.25, 0.3) is 0 Å². The first kappa shape index (κ1) is 19.1. The molecule has 0 aliphatic carbocycles. The summed E-state index contributed by atoms with van der Waals surface area (Å²) in [6, 6.07) is 7.92. The van der Waals surface area contributed by atoms with Crippen molar-refractivity contribution in [1.29, 1.82) is 0 Å². The lowest BCUT2D eigenvalue weighted by molar-refractivity contribution is 0.485. The van der Waals surface area contributed by atoms with E-state index in [4.69, 9.17) is 11.6 Å². The Morgan fingerprint density at radius 2 is 2.13 bits per heavy atom. The van der Waals surface area contributed by atoms with Gasteiger partial charge in [-0.25, -0.2) is 14.4 Å². The first-order valence-electron chi connectivity index (χ1n) is 9.96. The van der Waals surface area contributed by atoms with E-state index in [-0.39, 0.29) is 0 Å². The quantitative estimate of drug-likeness (QED) is 0.506. The second-order valence-corrected chi connectivity index (χ2v) is 8.21.